The van der Waals surface area contributed by atoms with Crippen LogP contribution in [0.2, 0.25) is 0 Å². The number of hydrogen-bond acceptors (Lipinski definition) is 3. The van der Waals surface area contributed by atoms with Crippen LogP contribution in [0, 0.1) is 17.1 Å². The maximum atomic E-state index is 13.4. The minimum atomic E-state index is -0.215. The molecule has 1 fully saturated rings. The van der Waals surface area contributed by atoms with Gasteiger partial charge in [-0.2, -0.15) is 5.26 Å². The molecule has 0 aliphatic carbocycles. The van der Waals surface area contributed by atoms with Crippen LogP contribution in [0.5, 0.6) is 0 Å². The van der Waals surface area contributed by atoms with Crippen molar-refractivity contribution in [3.63, 3.8) is 0 Å². The summed E-state index contributed by atoms with van der Waals surface area (Å²) in [5, 5.41) is 8.98. The highest BCUT2D eigenvalue weighted by atomic mass is 19.1. The second kappa shape index (κ2) is 5.30. The third-order valence-electron chi connectivity index (χ3n) is 3.66. The van der Waals surface area contributed by atoms with Gasteiger partial charge in [0.1, 0.15) is 11.6 Å². The number of pyridine rings is 1. The molecule has 2 heterocycles. The maximum Gasteiger partial charge on any atom is 0.130 e. The standard InChI is InChI=1S/C16H14FN3/c17-14-4-1-3-13(10-14)15-5-2-8-20(15)16-9-12(11-18)6-7-19-16/h1,3-4,6-7,9-10,15H,2,5,8H2/t15-/m0/s1. The second-order valence-corrected chi connectivity index (χ2v) is 4.92. The number of rotatable bonds is 2. The summed E-state index contributed by atoms with van der Waals surface area (Å²) in [4.78, 5) is 6.50. The molecule has 1 aromatic carbocycles. The molecule has 0 radical (unpaired) electrons. The lowest BCUT2D eigenvalue weighted by Gasteiger charge is -2.26. The molecule has 2 aromatic rings. The van der Waals surface area contributed by atoms with E-state index in [1.54, 1.807) is 30.5 Å². The van der Waals surface area contributed by atoms with Crippen LogP contribution in [0.25, 0.3) is 0 Å². The second-order valence-electron chi connectivity index (χ2n) is 4.92. The highest BCUT2D eigenvalue weighted by Crippen LogP contribution is 2.35. The van der Waals surface area contributed by atoms with Crippen LogP contribution < -0.4 is 4.90 Å². The van der Waals surface area contributed by atoms with Crippen molar-refractivity contribution in [3.05, 3.63) is 59.5 Å². The molecule has 3 rings (SSSR count). The van der Waals surface area contributed by atoms with E-state index in [0.29, 0.717) is 5.56 Å². The van der Waals surface area contributed by atoms with Crippen LogP contribution in [0.3, 0.4) is 0 Å². The van der Waals surface area contributed by atoms with Crippen LogP contribution >= 0.6 is 0 Å². The number of benzene rings is 1. The molecule has 100 valence electrons. The Morgan fingerprint density at radius 2 is 2.20 bits per heavy atom. The third kappa shape index (κ3) is 2.35. The predicted octanol–water partition coefficient (Wildman–Crippen LogP) is 3.43. The molecule has 3 nitrogen and oxygen atoms in total. The smallest absolute Gasteiger partial charge is 0.130 e. The molecule has 1 aliphatic rings. The van der Waals surface area contributed by atoms with Crippen LogP contribution in [-0.4, -0.2) is 11.5 Å². The Kier molecular flexibility index (Phi) is 3.34. The first kappa shape index (κ1) is 12.6. The van der Waals surface area contributed by atoms with Gasteiger partial charge in [0.25, 0.3) is 0 Å². The summed E-state index contributed by atoms with van der Waals surface area (Å²) >= 11 is 0. The molecule has 1 aliphatic heterocycles. The zero-order chi connectivity index (χ0) is 13.9. The van der Waals surface area contributed by atoms with Gasteiger partial charge in [0.2, 0.25) is 0 Å². The number of hydrogen-bond donors (Lipinski definition) is 0. The van der Waals surface area contributed by atoms with Crippen molar-refractivity contribution in [2.45, 2.75) is 18.9 Å². The van der Waals surface area contributed by atoms with E-state index >= 15 is 0 Å². The minimum Gasteiger partial charge on any atom is -0.350 e. The van der Waals surface area contributed by atoms with Gasteiger partial charge in [-0.05, 0) is 42.7 Å². The van der Waals surface area contributed by atoms with Gasteiger partial charge in [-0.1, -0.05) is 12.1 Å². The number of nitrogens with zero attached hydrogens (tertiary/aromatic N) is 3. The van der Waals surface area contributed by atoms with Crippen LogP contribution in [0.4, 0.5) is 10.2 Å². The van der Waals surface area contributed by atoms with Gasteiger partial charge in [-0.25, -0.2) is 9.37 Å². The zero-order valence-corrected chi connectivity index (χ0v) is 11.0. The highest BCUT2D eigenvalue weighted by molar-refractivity contribution is 5.48. The Labute approximate surface area is 117 Å². The monoisotopic (exact) mass is 267 g/mol. The summed E-state index contributed by atoms with van der Waals surface area (Å²) in [6.45, 7) is 0.878. The number of aromatic nitrogens is 1. The Bertz CT molecular complexity index is 663. The molecule has 20 heavy (non-hydrogen) atoms. The van der Waals surface area contributed by atoms with Gasteiger partial charge in [0, 0.05) is 12.7 Å². The molecule has 4 heteroatoms. The van der Waals surface area contributed by atoms with Crippen molar-refractivity contribution in [2.75, 3.05) is 11.4 Å². The minimum absolute atomic E-state index is 0.132. The third-order valence-corrected chi connectivity index (χ3v) is 3.66. The van der Waals surface area contributed by atoms with E-state index in [-0.39, 0.29) is 11.9 Å². The largest absolute Gasteiger partial charge is 0.350 e. The van der Waals surface area contributed by atoms with E-state index < -0.39 is 0 Å². The maximum absolute atomic E-state index is 13.4. The molecule has 0 bridgehead atoms. The summed E-state index contributed by atoms with van der Waals surface area (Å²) in [5.74, 6) is 0.573. The van der Waals surface area contributed by atoms with E-state index in [9.17, 15) is 4.39 Å². The van der Waals surface area contributed by atoms with E-state index in [4.69, 9.17) is 5.26 Å². The lowest BCUT2D eigenvalue weighted by atomic mass is 10.0. The van der Waals surface area contributed by atoms with Crippen molar-refractivity contribution in [1.82, 2.24) is 4.98 Å². The van der Waals surface area contributed by atoms with Crippen LogP contribution in [0.15, 0.2) is 42.6 Å². The molecule has 0 amide bonds. The fourth-order valence-corrected chi connectivity index (χ4v) is 2.75. The molecular weight excluding hydrogens is 253 g/mol. The Balaban J connectivity index is 1.94. The molecule has 0 N–H and O–H groups in total. The summed E-state index contributed by atoms with van der Waals surface area (Å²) in [6, 6.07) is 12.5. The SMILES string of the molecule is N#Cc1ccnc(N2CCC[C@H]2c2cccc(F)c2)c1. The summed E-state index contributed by atoms with van der Waals surface area (Å²) in [6.07, 6.45) is 3.66. The van der Waals surface area contributed by atoms with Gasteiger partial charge in [-0.15, -0.1) is 0 Å². The first-order chi connectivity index (χ1) is 9.78. The van der Waals surface area contributed by atoms with Crippen LogP contribution in [0.1, 0.15) is 30.0 Å². The van der Waals surface area contributed by atoms with E-state index in [1.165, 1.54) is 6.07 Å². The average Bonchev–Trinajstić information content (AvgIpc) is 2.97. The van der Waals surface area contributed by atoms with E-state index in [1.807, 2.05) is 6.07 Å². The first-order valence-electron chi connectivity index (χ1n) is 6.66. The van der Waals surface area contributed by atoms with E-state index in [0.717, 1.165) is 30.8 Å². The highest BCUT2D eigenvalue weighted by Gasteiger charge is 2.27. The lowest BCUT2D eigenvalue weighted by molar-refractivity contribution is 0.618. The van der Waals surface area contributed by atoms with Gasteiger partial charge in [-0.3, -0.25) is 0 Å². The molecule has 0 saturated carbocycles. The normalized spacial score (nSPS) is 18.0. The van der Waals surface area contributed by atoms with Gasteiger partial charge in [0.05, 0.1) is 17.7 Å². The van der Waals surface area contributed by atoms with E-state index in [2.05, 4.69) is 16.0 Å². The Hall–Kier alpha value is -2.41. The van der Waals surface area contributed by atoms with Crippen molar-refractivity contribution in [3.8, 4) is 6.07 Å². The van der Waals surface area contributed by atoms with Crippen molar-refractivity contribution < 1.29 is 4.39 Å². The molecular formula is C16H14FN3. The molecule has 1 atom stereocenters. The molecule has 0 spiro atoms. The predicted molar refractivity (Wildman–Crippen MR) is 74.7 cm³/mol. The molecule has 0 unspecified atom stereocenters. The molecule has 1 aromatic heterocycles. The van der Waals surface area contributed by atoms with Gasteiger partial charge in [0.15, 0.2) is 0 Å². The lowest BCUT2D eigenvalue weighted by Crippen LogP contribution is -2.23. The average molecular weight is 267 g/mol. The van der Waals surface area contributed by atoms with Gasteiger partial charge >= 0.3 is 0 Å². The number of nitriles is 1. The summed E-state index contributed by atoms with van der Waals surface area (Å²) in [5.41, 5.74) is 1.56. The molecule has 1 saturated heterocycles. The van der Waals surface area contributed by atoms with Gasteiger partial charge < -0.3 is 4.90 Å². The fraction of sp³-hybridized carbons (Fsp3) is 0.250. The van der Waals surface area contributed by atoms with Crippen molar-refractivity contribution in [1.29, 1.82) is 5.26 Å². The number of anilines is 1. The summed E-state index contributed by atoms with van der Waals surface area (Å²) in [7, 11) is 0. The summed E-state index contributed by atoms with van der Waals surface area (Å²) < 4.78 is 13.4. The fourth-order valence-electron chi connectivity index (χ4n) is 2.75. The zero-order valence-electron chi connectivity index (χ0n) is 11.0. The Morgan fingerprint density at radius 1 is 1.30 bits per heavy atom. The van der Waals surface area contributed by atoms with Crippen LogP contribution in [-0.2, 0) is 0 Å². The topological polar surface area (TPSA) is 39.9 Å². The van der Waals surface area contributed by atoms with Crippen molar-refractivity contribution >= 4 is 5.82 Å². The number of halogens is 1. The quantitative estimate of drug-likeness (QED) is 0.836. The van der Waals surface area contributed by atoms with Crippen molar-refractivity contribution in [2.24, 2.45) is 0 Å². The Morgan fingerprint density at radius 3 is 3.00 bits per heavy atom. The first-order valence-corrected chi connectivity index (χ1v) is 6.66.